The fourth-order valence-electron chi connectivity index (χ4n) is 10.6. The third-order valence-electron chi connectivity index (χ3n) is 15.2. The van der Waals surface area contributed by atoms with Crippen molar-refractivity contribution in [3.8, 4) is 0 Å². The number of sulfone groups is 1. The molecule has 3 amide bonds. The SMILES string of the molecule is CC1(C)CCC(c2ccc(Cl)cc2)=C(CN2CCN(c3ccc(C(=O)NS(=O)(=O)c4ccc(N[C@H](CCN5CCN(Cc6cc(NC7CCC(=O)NC7=O)ncn6)CC5)CSc5ccccc5)c(S(=O)(=O)C(F)(F)F)c4)cc3)CC2)C1. The second-order valence-corrected chi connectivity index (χ2v) is 26.8. The lowest BCUT2D eigenvalue weighted by Gasteiger charge is -2.39. The molecule has 5 aromatic rings. The number of imide groups is 1. The molecule has 3 fully saturated rings. The number of sulfonamides is 1. The highest BCUT2D eigenvalue weighted by molar-refractivity contribution is 7.99. The van der Waals surface area contributed by atoms with Crippen molar-refractivity contribution < 1.29 is 44.4 Å². The first-order valence-electron chi connectivity index (χ1n) is 26.9. The molecule has 4 aliphatic rings. The minimum atomic E-state index is -6.13. The van der Waals surface area contributed by atoms with Crippen LogP contribution in [0, 0.1) is 5.41 Å². The van der Waals surface area contributed by atoms with Crippen molar-refractivity contribution in [3.63, 3.8) is 0 Å². The molecular weight excluding hydrogens is 1130 g/mol. The second kappa shape index (κ2) is 25.6. The summed E-state index contributed by atoms with van der Waals surface area (Å²) in [4.78, 5) is 53.8. The number of thioether (sulfide) groups is 1. The number of hydrogen-bond donors (Lipinski definition) is 4. The summed E-state index contributed by atoms with van der Waals surface area (Å²) in [6.07, 6.45) is 5.48. The van der Waals surface area contributed by atoms with Crippen LogP contribution in [-0.2, 0) is 36.0 Å². The number of nitrogens with zero attached hydrogens (tertiary/aromatic N) is 6. The van der Waals surface area contributed by atoms with Gasteiger partial charge in [0.15, 0.2) is 0 Å². The monoisotopic (exact) mass is 1190 g/mol. The van der Waals surface area contributed by atoms with Gasteiger partial charge in [-0.05, 0) is 115 Å². The zero-order valence-corrected chi connectivity index (χ0v) is 48.3. The summed E-state index contributed by atoms with van der Waals surface area (Å²) in [7, 11) is -11.0. The van der Waals surface area contributed by atoms with Crippen LogP contribution < -0.4 is 25.6 Å². The third kappa shape index (κ3) is 15.5. The number of rotatable bonds is 20. The molecule has 0 radical (unpaired) electrons. The van der Waals surface area contributed by atoms with Crippen LogP contribution in [0.4, 0.5) is 30.4 Å². The fourth-order valence-corrected chi connectivity index (χ4v) is 13.8. The molecule has 0 saturated carbocycles. The summed E-state index contributed by atoms with van der Waals surface area (Å²) >= 11 is 7.63. The van der Waals surface area contributed by atoms with E-state index in [4.69, 9.17) is 11.6 Å². The molecule has 4 aromatic carbocycles. The number of carbonyl (C=O) groups excluding carboxylic acids is 3. The van der Waals surface area contributed by atoms with Crippen molar-refractivity contribution in [1.29, 1.82) is 0 Å². The van der Waals surface area contributed by atoms with Gasteiger partial charge in [0.2, 0.25) is 11.8 Å². The molecule has 4 N–H and O–H groups in total. The first-order valence-corrected chi connectivity index (χ1v) is 31.3. The van der Waals surface area contributed by atoms with Gasteiger partial charge >= 0.3 is 5.51 Å². The predicted octanol–water partition coefficient (Wildman–Crippen LogP) is 8.33. The Morgan fingerprint density at radius 3 is 2.20 bits per heavy atom. The zero-order chi connectivity index (χ0) is 57.5. The topological polar surface area (TPSA) is 206 Å². The van der Waals surface area contributed by atoms with E-state index in [2.05, 4.69) is 71.5 Å². The molecule has 9 rings (SSSR count). The molecule has 1 aromatic heterocycles. The largest absolute Gasteiger partial charge is 0.501 e. The van der Waals surface area contributed by atoms with E-state index in [-0.39, 0.29) is 23.3 Å². The van der Waals surface area contributed by atoms with E-state index in [0.29, 0.717) is 74.8 Å². The van der Waals surface area contributed by atoms with Crippen LogP contribution in [0.2, 0.25) is 5.02 Å². The highest BCUT2D eigenvalue weighted by Gasteiger charge is 2.48. The summed E-state index contributed by atoms with van der Waals surface area (Å²) in [5.41, 5.74) is -0.466. The summed E-state index contributed by atoms with van der Waals surface area (Å²) in [5.74, 6) is -0.994. The Hall–Kier alpha value is -6.08. The van der Waals surface area contributed by atoms with Crippen molar-refractivity contribution in [2.45, 2.75) is 91.2 Å². The number of aromatic nitrogens is 2. The standard InChI is InChI=1S/C57H66ClF3N10O7S3/c1-56(2)22-20-48(39-8-12-42(58)13-9-39)41(34-56)35-69-28-30-71(31-29-69)45-14-10-40(11-15-45)54(73)67-81(77,78)47-16-17-49(51(33-47)80(75,76)57(59,60)61)64-43(37-79-46-6-4-3-5-7-46)21-23-68-24-26-70(27-25-68)36-44-32-52(63-38-62-44)65-50-18-19-53(72)66-55(50)74/h3-17,32-33,38,43,50,64H,18-31,34-37H2,1-2H3,(H,67,73)(H,62,63,65)(H,66,72,74)/t43-,50?/m1/s1. The van der Waals surface area contributed by atoms with Crippen LogP contribution in [0.1, 0.15) is 74.0 Å². The lowest BCUT2D eigenvalue weighted by Crippen LogP contribution is -2.47. The molecule has 0 bridgehead atoms. The van der Waals surface area contributed by atoms with E-state index in [1.807, 2.05) is 47.2 Å². The van der Waals surface area contributed by atoms with Crippen molar-refractivity contribution in [2.75, 3.05) is 86.7 Å². The Morgan fingerprint density at radius 1 is 0.827 bits per heavy atom. The number of nitrogens with one attached hydrogen (secondary N) is 4. The van der Waals surface area contributed by atoms with Crippen molar-refractivity contribution >= 4 is 83.7 Å². The van der Waals surface area contributed by atoms with Gasteiger partial charge in [-0.15, -0.1) is 11.8 Å². The van der Waals surface area contributed by atoms with Gasteiger partial charge in [0.1, 0.15) is 23.1 Å². The minimum absolute atomic E-state index is 0.0231. The van der Waals surface area contributed by atoms with Crippen molar-refractivity contribution in [1.82, 2.24) is 34.7 Å². The number of carbonyl (C=O) groups is 3. The lowest BCUT2D eigenvalue weighted by atomic mass is 9.73. The van der Waals surface area contributed by atoms with Gasteiger partial charge < -0.3 is 20.4 Å². The van der Waals surface area contributed by atoms with Gasteiger partial charge in [-0.25, -0.2) is 31.5 Å². The van der Waals surface area contributed by atoms with Crippen LogP contribution >= 0.6 is 23.4 Å². The Labute approximate surface area is 480 Å². The van der Waals surface area contributed by atoms with E-state index in [9.17, 15) is 44.4 Å². The quantitative estimate of drug-likeness (QED) is 0.0427. The van der Waals surface area contributed by atoms with Gasteiger partial charge in [0, 0.05) is 117 Å². The van der Waals surface area contributed by atoms with Crippen LogP contribution in [0.15, 0.2) is 130 Å². The number of anilines is 3. The van der Waals surface area contributed by atoms with Crippen molar-refractivity contribution in [3.05, 3.63) is 137 Å². The molecule has 3 saturated heterocycles. The van der Waals surface area contributed by atoms with Crippen LogP contribution in [0.25, 0.3) is 5.57 Å². The summed E-state index contributed by atoms with van der Waals surface area (Å²) in [5, 5.41) is 9.14. The number of halogens is 4. The first kappa shape index (κ1) is 59.5. The molecule has 0 spiro atoms. The maximum atomic E-state index is 14.5. The Balaban J connectivity index is 0.826. The Bertz CT molecular complexity index is 3330. The number of piperidine rings is 1. The molecule has 2 atom stereocenters. The van der Waals surface area contributed by atoms with Gasteiger partial charge in [-0.1, -0.05) is 61.4 Å². The Morgan fingerprint density at radius 2 is 1.51 bits per heavy atom. The predicted molar refractivity (Wildman–Crippen MR) is 308 cm³/mol. The van der Waals surface area contributed by atoms with Gasteiger partial charge in [-0.3, -0.25) is 29.5 Å². The Kier molecular flexibility index (Phi) is 18.8. The van der Waals surface area contributed by atoms with E-state index in [1.165, 1.54) is 46.9 Å². The summed E-state index contributed by atoms with van der Waals surface area (Å²) in [6, 6.07) is 26.7. The molecule has 432 valence electrons. The fraction of sp³-hybridized carbons (Fsp3) is 0.421. The van der Waals surface area contributed by atoms with Crippen LogP contribution in [0.3, 0.4) is 0 Å². The van der Waals surface area contributed by atoms with E-state index < -0.39 is 64.7 Å². The molecule has 17 nitrogen and oxygen atoms in total. The van der Waals surface area contributed by atoms with Gasteiger partial charge in [0.25, 0.3) is 25.8 Å². The molecule has 3 aliphatic heterocycles. The third-order valence-corrected chi connectivity index (χ3v) is 19.5. The minimum Gasteiger partial charge on any atom is -0.380 e. The molecule has 4 heterocycles. The molecule has 1 unspecified atom stereocenters. The number of hydrogen-bond acceptors (Lipinski definition) is 16. The number of alkyl halides is 3. The number of allylic oxidation sites excluding steroid dienone is 1. The maximum Gasteiger partial charge on any atom is 0.501 e. The number of benzene rings is 4. The molecule has 1 aliphatic carbocycles. The first-order chi connectivity index (χ1) is 38.6. The number of amides is 3. The lowest BCUT2D eigenvalue weighted by molar-refractivity contribution is -0.133. The van der Waals surface area contributed by atoms with E-state index in [0.717, 1.165) is 80.4 Å². The molecule has 81 heavy (non-hydrogen) atoms. The average molecular weight is 1190 g/mol. The smallest absolute Gasteiger partial charge is 0.380 e. The highest BCUT2D eigenvalue weighted by atomic mass is 35.5. The maximum absolute atomic E-state index is 14.5. The summed E-state index contributed by atoms with van der Waals surface area (Å²) < 4.78 is 99.5. The zero-order valence-electron chi connectivity index (χ0n) is 45.1. The van der Waals surface area contributed by atoms with Crippen LogP contribution in [0.5, 0.6) is 0 Å². The van der Waals surface area contributed by atoms with Crippen molar-refractivity contribution in [2.24, 2.45) is 5.41 Å². The van der Waals surface area contributed by atoms with Gasteiger partial charge in [-0.2, -0.15) is 13.2 Å². The average Bonchev–Trinajstić information content (AvgIpc) is 3.44. The van der Waals surface area contributed by atoms with E-state index >= 15 is 0 Å². The number of piperazine rings is 2. The molecule has 24 heteroatoms. The molecular formula is C57H66ClF3N10O7S3. The second-order valence-electron chi connectivity index (χ2n) is 21.7. The highest BCUT2D eigenvalue weighted by Crippen LogP contribution is 2.43. The van der Waals surface area contributed by atoms with Gasteiger partial charge in [0.05, 0.1) is 16.3 Å². The van der Waals surface area contributed by atoms with Crippen LogP contribution in [-0.4, -0.2) is 148 Å². The van der Waals surface area contributed by atoms with E-state index in [1.54, 1.807) is 18.2 Å². The summed E-state index contributed by atoms with van der Waals surface area (Å²) in [6.45, 7) is 12.1. The normalized spacial score (nSPS) is 19.2.